The topological polar surface area (TPSA) is 59.9 Å². The number of hydrogen-bond donors (Lipinski definition) is 1. The van der Waals surface area contributed by atoms with Crippen LogP contribution in [0.15, 0.2) is 53.5 Å². The number of aromatic nitrogens is 3. The van der Waals surface area contributed by atoms with Gasteiger partial charge in [-0.25, -0.2) is 5.10 Å². The van der Waals surface area contributed by atoms with Crippen LogP contribution in [-0.4, -0.2) is 21.4 Å². The summed E-state index contributed by atoms with van der Waals surface area (Å²) in [5.41, 5.74) is 3.68. The molecule has 5 heteroatoms. The first-order chi connectivity index (χ1) is 11.6. The van der Waals surface area contributed by atoms with Crippen LogP contribution in [-0.2, 0) is 6.54 Å². The fraction of sp³-hybridized carbons (Fsp3) is 0.263. The van der Waals surface area contributed by atoms with E-state index in [-0.39, 0.29) is 5.56 Å². The molecule has 0 amide bonds. The molecule has 0 spiro atoms. The highest BCUT2D eigenvalue weighted by molar-refractivity contribution is 5.62. The van der Waals surface area contributed by atoms with E-state index < -0.39 is 0 Å². The highest BCUT2D eigenvalue weighted by atomic mass is 16.5. The maximum Gasteiger partial charge on any atom is 0.264 e. The molecular weight excluding hydrogens is 302 g/mol. The van der Waals surface area contributed by atoms with Crippen molar-refractivity contribution in [2.24, 2.45) is 0 Å². The molecule has 24 heavy (non-hydrogen) atoms. The zero-order chi connectivity index (χ0) is 16.9. The quantitative estimate of drug-likeness (QED) is 0.708. The van der Waals surface area contributed by atoms with Crippen molar-refractivity contribution in [1.29, 1.82) is 0 Å². The zero-order valence-electron chi connectivity index (χ0n) is 14.0. The van der Waals surface area contributed by atoms with Gasteiger partial charge in [-0.15, -0.1) is 0 Å². The van der Waals surface area contributed by atoms with Gasteiger partial charge < -0.3 is 9.30 Å². The Morgan fingerprint density at radius 1 is 1.17 bits per heavy atom. The molecule has 0 atom stereocenters. The second kappa shape index (κ2) is 7.17. The lowest BCUT2D eigenvalue weighted by molar-refractivity contribution is 0.301. The first-order valence-corrected chi connectivity index (χ1v) is 8.05. The van der Waals surface area contributed by atoms with Gasteiger partial charge >= 0.3 is 0 Å². The average Bonchev–Trinajstić information content (AvgIpc) is 2.98. The molecule has 3 rings (SSSR count). The number of benzene rings is 1. The van der Waals surface area contributed by atoms with Crippen molar-refractivity contribution in [2.75, 3.05) is 6.61 Å². The predicted octanol–water partition coefficient (Wildman–Crippen LogP) is 3.32. The van der Waals surface area contributed by atoms with Gasteiger partial charge in [0.25, 0.3) is 5.56 Å². The Morgan fingerprint density at radius 3 is 2.62 bits per heavy atom. The number of aryl methyl sites for hydroxylation is 3. The third kappa shape index (κ3) is 3.74. The van der Waals surface area contributed by atoms with Crippen LogP contribution in [0.4, 0.5) is 0 Å². The molecule has 3 aromatic rings. The minimum Gasteiger partial charge on any atom is -0.494 e. The minimum absolute atomic E-state index is 0.186. The number of H-pyrrole nitrogens is 1. The van der Waals surface area contributed by atoms with Crippen molar-refractivity contribution in [2.45, 2.75) is 26.8 Å². The van der Waals surface area contributed by atoms with Crippen molar-refractivity contribution < 1.29 is 4.74 Å². The van der Waals surface area contributed by atoms with Gasteiger partial charge in [0, 0.05) is 30.1 Å². The van der Waals surface area contributed by atoms with Gasteiger partial charge in [0.05, 0.1) is 12.3 Å². The summed E-state index contributed by atoms with van der Waals surface area (Å²) in [6, 6.07) is 13.5. The Kier molecular flexibility index (Phi) is 4.79. The van der Waals surface area contributed by atoms with Gasteiger partial charge in [-0.05, 0) is 62.2 Å². The Balaban J connectivity index is 1.56. The maximum absolute atomic E-state index is 11.2. The van der Waals surface area contributed by atoms with Crippen LogP contribution in [0.3, 0.4) is 0 Å². The Hall–Kier alpha value is -2.82. The molecule has 124 valence electrons. The van der Waals surface area contributed by atoms with Crippen molar-refractivity contribution in [1.82, 2.24) is 14.8 Å². The lowest BCUT2D eigenvalue weighted by Crippen LogP contribution is -2.08. The number of rotatable bonds is 6. The van der Waals surface area contributed by atoms with Crippen molar-refractivity contribution in [3.05, 3.63) is 70.3 Å². The van der Waals surface area contributed by atoms with Crippen LogP contribution < -0.4 is 10.3 Å². The molecule has 0 fully saturated rings. The molecule has 0 aliphatic rings. The van der Waals surface area contributed by atoms with Crippen LogP contribution in [0.25, 0.3) is 11.3 Å². The molecule has 0 aliphatic heterocycles. The van der Waals surface area contributed by atoms with Gasteiger partial charge in [0.15, 0.2) is 0 Å². The number of nitrogens with one attached hydrogen (secondary N) is 1. The summed E-state index contributed by atoms with van der Waals surface area (Å²) in [5, 5.41) is 6.58. The molecule has 0 unspecified atom stereocenters. The second-order valence-electron chi connectivity index (χ2n) is 5.83. The molecule has 5 nitrogen and oxygen atoms in total. The molecule has 0 aliphatic carbocycles. The zero-order valence-corrected chi connectivity index (χ0v) is 14.0. The van der Waals surface area contributed by atoms with E-state index in [0.29, 0.717) is 6.61 Å². The second-order valence-corrected chi connectivity index (χ2v) is 5.83. The Labute approximate surface area is 140 Å². The van der Waals surface area contributed by atoms with Gasteiger partial charge in [-0.1, -0.05) is 0 Å². The molecule has 0 saturated carbocycles. The summed E-state index contributed by atoms with van der Waals surface area (Å²) in [4.78, 5) is 11.2. The molecule has 0 radical (unpaired) electrons. The first-order valence-electron chi connectivity index (χ1n) is 8.05. The van der Waals surface area contributed by atoms with Gasteiger partial charge in [-0.2, -0.15) is 5.10 Å². The summed E-state index contributed by atoms with van der Waals surface area (Å²) in [5.74, 6) is 0.838. The standard InChI is InChI=1S/C19H21N3O2/c1-14-13-18(23)20-21-19(14)16-6-8-17(9-7-16)24-12-4-11-22-10-3-5-15(22)2/h3,5-10,13H,4,11-12H2,1-2H3,(H,20,23). The average molecular weight is 323 g/mol. The fourth-order valence-electron chi connectivity index (χ4n) is 2.67. The number of ether oxygens (including phenoxy) is 1. The molecule has 2 heterocycles. The highest BCUT2D eigenvalue weighted by Crippen LogP contribution is 2.22. The molecule has 1 aromatic carbocycles. The third-order valence-electron chi connectivity index (χ3n) is 4.00. The van der Waals surface area contributed by atoms with Gasteiger partial charge in [0.2, 0.25) is 0 Å². The van der Waals surface area contributed by atoms with Crippen molar-refractivity contribution in [3.63, 3.8) is 0 Å². The molecule has 1 N–H and O–H groups in total. The lowest BCUT2D eigenvalue weighted by Gasteiger charge is -2.09. The number of aromatic amines is 1. The van der Waals surface area contributed by atoms with E-state index in [2.05, 4.69) is 40.0 Å². The Morgan fingerprint density at radius 2 is 1.96 bits per heavy atom. The van der Waals surface area contributed by atoms with Crippen LogP contribution in [0, 0.1) is 13.8 Å². The Bertz CT molecular complexity index is 863. The number of hydrogen-bond acceptors (Lipinski definition) is 3. The molecular formula is C19H21N3O2. The van der Waals surface area contributed by atoms with Crippen LogP contribution >= 0.6 is 0 Å². The summed E-state index contributed by atoms with van der Waals surface area (Å²) >= 11 is 0. The molecule has 0 saturated heterocycles. The normalized spacial score (nSPS) is 10.8. The third-order valence-corrected chi connectivity index (χ3v) is 4.00. The number of nitrogens with zero attached hydrogens (tertiary/aromatic N) is 2. The first kappa shape index (κ1) is 16.1. The van der Waals surface area contributed by atoms with Crippen molar-refractivity contribution in [3.8, 4) is 17.0 Å². The smallest absolute Gasteiger partial charge is 0.264 e. The fourth-order valence-corrected chi connectivity index (χ4v) is 2.67. The van der Waals surface area contributed by atoms with E-state index in [4.69, 9.17) is 4.74 Å². The van der Waals surface area contributed by atoms with E-state index in [1.165, 1.54) is 5.69 Å². The van der Waals surface area contributed by atoms with E-state index >= 15 is 0 Å². The lowest BCUT2D eigenvalue weighted by atomic mass is 10.1. The van der Waals surface area contributed by atoms with E-state index in [1.807, 2.05) is 31.2 Å². The largest absolute Gasteiger partial charge is 0.494 e. The SMILES string of the molecule is Cc1cc(=O)[nH]nc1-c1ccc(OCCCn2cccc2C)cc1. The summed E-state index contributed by atoms with van der Waals surface area (Å²) in [7, 11) is 0. The maximum atomic E-state index is 11.2. The van der Waals surface area contributed by atoms with Gasteiger partial charge in [0.1, 0.15) is 5.75 Å². The van der Waals surface area contributed by atoms with Crippen molar-refractivity contribution >= 4 is 0 Å². The van der Waals surface area contributed by atoms with Gasteiger partial charge in [-0.3, -0.25) is 4.79 Å². The predicted molar refractivity (Wildman–Crippen MR) is 94.3 cm³/mol. The van der Waals surface area contributed by atoms with E-state index in [1.54, 1.807) is 6.07 Å². The van der Waals surface area contributed by atoms with Crippen LogP contribution in [0.2, 0.25) is 0 Å². The molecule has 0 bridgehead atoms. The van der Waals surface area contributed by atoms with Crippen LogP contribution in [0.5, 0.6) is 5.75 Å². The highest BCUT2D eigenvalue weighted by Gasteiger charge is 2.05. The monoisotopic (exact) mass is 323 g/mol. The minimum atomic E-state index is -0.186. The molecule has 2 aromatic heterocycles. The summed E-state index contributed by atoms with van der Waals surface area (Å²) < 4.78 is 8.01. The van der Waals surface area contributed by atoms with E-state index in [9.17, 15) is 4.79 Å². The van der Waals surface area contributed by atoms with E-state index in [0.717, 1.165) is 35.5 Å². The summed E-state index contributed by atoms with van der Waals surface area (Å²) in [6.07, 6.45) is 3.04. The van der Waals surface area contributed by atoms with Crippen LogP contribution in [0.1, 0.15) is 17.7 Å². The summed E-state index contributed by atoms with van der Waals surface area (Å²) in [6.45, 7) is 5.61.